The van der Waals surface area contributed by atoms with Crippen molar-refractivity contribution in [1.82, 2.24) is 15.3 Å². The highest BCUT2D eigenvalue weighted by Gasteiger charge is 2.12. The lowest BCUT2D eigenvalue weighted by Gasteiger charge is -2.04. The topological polar surface area (TPSA) is 54.9 Å². The van der Waals surface area contributed by atoms with Gasteiger partial charge in [0.1, 0.15) is 11.6 Å². The summed E-state index contributed by atoms with van der Waals surface area (Å²) in [6, 6.07) is 21.6. The van der Waals surface area contributed by atoms with Crippen LogP contribution in [0.3, 0.4) is 0 Å². The monoisotopic (exact) mass is 403 g/mol. The van der Waals surface area contributed by atoms with Crippen LogP contribution in [0.4, 0.5) is 4.39 Å². The molecule has 0 unspecified atom stereocenters. The fourth-order valence-electron chi connectivity index (χ4n) is 2.87. The number of rotatable bonds is 6. The van der Waals surface area contributed by atoms with E-state index in [2.05, 4.69) is 15.3 Å². The first-order valence-electron chi connectivity index (χ1n) is 9.16. The molecule has 0 saturated carbocycles. The molecule has 0 fully saturated rings. The van der Waals surface area contributed by atoms with Crippen molar-refractivity contribution in [3.8, 4) is 10.6 Å². The maximum absolute atomic E-state index is 13.1. The molecule has 0 aliphatic rings. The van der Waals surface area contributed by atoms with Gasteiger partial charge in [0.2, 0.25) is 0 Å². The Morgan fingerprint density at radius 1 is 0.931 bits per heavy atom. The quantitative estimate of drug-likeness (QED) is 0.500. The summed E-state index contributed by atoms with van der Waals surface area (Å²) in [4.78, 5) is 22.9. The molecule has 4 rings (SSSR count). The Bertz CT molecular complexity index is 1110. The van der Waals surface area contributed by atoms with Gasteiger partial charge in [0, 0.05) is 19.2 Å². The van der Waals surface area contributed by atoms with Gasteiger partial charge in [0.15, 0.2) is 0 Å². The molecular formula is C23H18FN3OS. The fraction of sp³-hybridized carbons (Fsp3) is 0.0870. The van der Waals surface area contributed by atoms with E-state index in [0.717, 1.165) is 21.7 Å². The molecule has 0 saturated heterocycles. The number of thiophene rings is 1. The number of nitrogens with one attached hydrogen (secondary N) is 1. The van der Waals surface area contributed by atoms with Gasteiger partial charge in [0.25, 0.3) is 5.91 Å². The molecule has 29 heavy (non-hydrogen) atoms. The van der Waals surface area contributed by atoms with Gasteiger partial charge in [-0.1, -0.05) is 42.5 Å². The van der Waals surface area contributed by atoms with Crippen LogP contribution >= 0.6 is 11.3 Å². The predicted octanol–water partition coefficient (Wildman–Crippen LogP) is 4.87. The summed E-state index contributed by atoms with van der Waals surface area (Å²) in [5.41, 5.74) is 2.76. The van der Waals surface area contributed by atoms with E-state index in [9.17, 15) is 9.18 Å². The minimum Gasteiger partial charge on any atom is -0.347 e. The first-order valence-corrected chi connectivity index (χ1v) is 9.98. The third-order valence-corrected chi connectivity index (χ3v) is 5.47. The standard InChI is InChI=1S/C23H18FN3OS/c24-18-8-6-16(7-9-18)14-22-25-13-12-19(27-22)20-10-11-21(29-20)23(28)26-15-17-4-2-1-3-5-17/h1-13H,14-15H2,(H,26,28). The molecule has 4 aromatic rings. The molecule has 0 bridgehead atoms. The molecule has 1 N–H and O–H groups in total. The van der Waals surface area contributed by atoms with Crippen LogP contribution in [0.25, 0.3) is 10.6 Å². The van der Waals surface area contributed by atoms with Gasteiger partial charge >= 0.3 is 0 Å². The number of carbonyl (C=O) groups excluding carboxylic acids is 1. The molecule has 2 heterocycles. The molecule has 144 valence electrons. The third-order valence-electron chi connectivity index (χ3n) is 4.36. The molecule has 2 aromatic carbocycles. The molecule has 0 radical (unpaired) electrons. The SMILES string of the molecule is O=C(NCc1ccccc1)c1ccc(-c2ccnc(Cc3ccc(F)cc3)n2)s1. The highest BCUT2D eigenvalue weighted by atomic mass is 32.1. The summed E-state index contributed by atoms with van der Waals surface area (Å²) < 4.78 is 13.1. The number of amides is 1. The van der Waals surface area contributed by atoms with Crippen molar-refractivity contribution in [3.05, 3.63) is 107 Å². The van der Waals surface area contributed by atoms with Crippen LogP contribution in [0.1, 0.15) is 26.6 Å². The molecule has 4 nitrogen and oxygen atoms in total. The molecule has 2 aromatic heterocycles. The molecule has 0 spiro atoms. The summed E-state index contributed by atoms with van der Waals surface area (Å²) in [7, 11) is 0. The van der Waals surface area contributed by atoms with Crippen LogP contribution in [0.2, 0.25) is 0 Å². The smallest absolute Gasteiger partial charge is 0.261 e. The van der Waals surface area contributed by atoms with Crippen molar-refractivity contribution in [3.63, 3.8) is 0 Å². The maximum atomic E-state index is 13.1. The minimum absolute atomic E-state index is 0.106. The average molecular weight is 403 g/mol. The summed E-state index contributed by atoms with van der Waals surface area (Å²) in [5, 5.41) is 2.94. The predicted molar refractivity (Wildman–Crippen MR) is 112 cm³/mol. The van der Waals surface area contributed by atoms with E-state index in [1.807, 2.05) is 48.5 Å². The molecule has 0 atom stereocenters. The fourth-order valence-corrected chi connectivity index (χ4v) is 3.76. The van der Waals surface area contributed by atoms with Crippen LogP contribution in [0, 0.1) is 5.82 Å². The lowest BCUT2D eigenvalue weighted by molar-refractivity contribution is 0.0955. The summed E-state index contributed by atoms with van der Waals surface area (Å²) >= 11 is 1.39. The van der Waals surface area contributed by atoms with E-state index in [0.29, 0.717) is 23.7 Å². The zero-order valence-corrected chi connectivity index (χ0v) is 16.3. The number of carbonyl (C=O) groups is 1. The minimum atomic E-state index is -0.264. The number of halogens is 1. The molecule has 1 amide bonds. The molecular weight excluding hydrogens is 385 g/mol. The van der Waals surface area contributed by atoms with Crippen molar-refractivity contribution < 1.29 is 9.18 Å². The second kappa shape index (κ2) is 8.75. The number of benzene rings is 2. The van der Waals surface area contributed by atoms with Crippen molar-refractivity contribution in [2.24, 2.45) is 0 Å². The van der Waals surface area contributed by atoms with Gasteiger partial charge in [-0.3, -0.25) is 4.79 Å². The lowest BCUT2D eigenvalue weighted by atomic mass is 10.1. The van der Waals surface area contributed by atoms with Crippen LogP contribution in [0.5, 0.6) is 0 Å². The normalized spacial score (nSPS) is 10.7. The second-order valence-corrected chi connectivity index (χ2v) is 7.58. The van der Waals surface area contributed by atoms with Gasteiger partial charge in [-0.25, -0.2) is 14.4 Å². The molecule has 6 heteroatoms. The van der Waals surface area contributed by atoms with E-state index in [4.69, 9.17) is 0 Å². The Morgan fingerprint density at radius 3 is 2.52 bits per heavy atom. The van der Waals surface area contributed by atoms with E-state index in [1.54, 1.807) is 18.3 Å². The van der Waals surface area contributed by atoms with Gasteiger partial charge < -0.3 is 5.32 Å². The van der Waals surface area contributed by atoms with Crippen molar-refractivity contribution in [1.29, 1.82) is 0 Å². The van der Waals surface area contributed by atoms with Crippen LogP contribution < -0.4 is 5.32 Å². The average Bonchev–Trinajstić information content (AvgIpc) is 3.25. The largest absolute Gasteiger partial charge is 0.347 e. The van der Waals surface area contributed by atoms with Gasteiger partial charge in [-0.2, -0.15) is 0 Å². The number of hydrogen-bond acceptors (Lipinski definition) is 4. The van der Waals surface area contributed by atoms with E-state index >= 15 is 0 Å². The van der Waals surface area contributed by atoms with Crippen molar-refractivity contribution in [2.75, 3.05) is 0 Å². The van der Waals surface area contributed by atoms with Gasteiger partial charge in [0.05, 0.1) is 15.4 Å². The Morgan fingerprint density at radius 2 is 1.72 bits per heavy atom. The summed E-state index contributed by atoms with van der Waals surface area (Å²) in [6.45, 7) is 0.488. The van der Waals surface area contributed by atoms with Gasteiger partial charge in [-0.05, 0) is 41.5 Å². The van der Waals surface area contributed by atoms with E-state index in [-0.39, 0.29) is 11.7 Å². The molecule has 0 aliphatic carbocycles. The molecule has 0 aliphatic heterocycles. The first kappa shape index (κ1) is 19.0. The van der Waals surface area contributed by atoms with Gasteiger partial charge in [-0.15, -0.1) is 11.3 Å². The second-order valence-electron chi connectivity index (χ2n) is 6.49. The third kappa shape index (κ3) is 4.92. The summed E-state index contributed by atoms with van der Waals surface area (Å²) in [6.07, 6.45) is 2.22. The van der Waals surface area contributed by atoms with Crippen molar-refractivity contribution in [2.45, 2.75) is 13.0 Å². The Balaban J connectivity index is 1.44. The van der Waals surface area contributed by atoms with E-state index in [1.165, 1.54) is 23.5 Å². The first-order chi connectivity index (χ1) is 14.2. The van der Waals surface area contributed by atoms with Crippen molar-refractivity contribution >= 4 is 17.2 Å². The zero-order chi connectivity index (χ0) is 20.1. The zero-order valence-electron chi connectivity index (χ0n) is 15.5. The maximum Gasteiger partial charge on any atom is 0.261 e. The Hall–Kier alpha value is -3.38. The number of nitrogens with zero attached hydrogens (tertiary/aromatic N) is 2. The van der Waals surface area contributed by atoms with Crippen LogP contribution in [-0.4, -0.2) is 15.9 Å². The van der Waals surface area contributed by atoms with E-state index < -0.39 is 0 Å². The Labute approximate surface area is 172 Å². The lowest BCUT2D eigenvalue weighted by Crippen LogP contribution is -2.21. The number of hydrogen-bond donors (Lipinski definition) is 1. The van der Waals surface area contributed by atoms with Crippen LogP contribution in [-0.2, 0) is 13.0 Å². The number of aromatic nitrogens is 2. The highest BCUT2D eigenvalue weighted by Crippen LogP contribution is 2.26. The van der Waals surface area contributed by atoms with Crippen LogP contribution in [0.15, 0.2) is 79.0 Å². The summed E-state index contributed by atoms with van der Waals surface area (Å²) in [5.74, 6) is 0.281. The highest BCUT2D eigenvalue weighted by molar-refractivity contribution is 7.17. The Kier molecular flexibility index (Phi) is 5.72.